The smallest absolute Gasteiger partial charge is 0.122 e. The fourth-order valence-electron chi connectivity index (χ4n) is 1.59. The summed E-state index contributed by atoms with van der Waals surface area (Å²) in [5.41, 5.74) is 2.56. The molecule has 0 fully saturated rings. The molecule has 15 heavy (non-hydrogen) atoms. The number of aryl methyl sites for hydroxylation is 1. The van der Waals surface area contributed by atoms with Crippen LogP contribution in [0.3, 0.4) is 0 Å². The first kappa shape index (κ1) is 11.8. The molecule has 1 unspecified atom stereocenters. The van der Waals surface area contributed by atoms with Crippen LogP contribution in [-0.2, 0) is 6.42 Å². The summed E-state index contributed by atoms with van der Waals surface area (Å²) >= 11 is 0. The number of hydrogen-bond donors (Lipinski definition) is 0. The minimum atomic E-state index is 0.492. The molecule has 0 aliphatic heterocycles. The molecule has 1 heteroatoms. The average Bonchev–Trinajstić information content (AvgIpc) is 2.22. The molecule has 1 nitrogen and oxygen atoms in total. The number of hydrogen-bond acceptors (Lipinski definition) is 1. The summed E-state index contributed by atoms with van der Waals surface area (Å²) in [6, 6.07) is 6.35. The summed E-state index contributed by atoms with van der Waals surface area (Å²) in [6.07, 6.45) is 2.98. The molecular formula is C14H20O. The van der Waals surface area contributed by atoms with Crippen molar-refractivity contribution >= 4 is 0 Å². The maximum atomic E-state index is 5.60. The summed E-state index contributed by atoms with van der Waals surface area (Å²) < 4.78 is 5.60. The summed E-state index contributed by atoms with van der Waals surface area (Å²) in [6.45, 7) is 10.8. The van der Waals surface area contributed by atoms with Gasteiger partial charge < -0.3 is 4.74 Å². The highest BCUT2D eigenvalue weighted by Gasteiger charge is 2.06. The van der Waals surface area contributed by atoms with E-state index in [4.69, 9.17) is 4.74 Å². The van der Waals surface area contributed by atoms with Gasteiger partial charge in [0.25, 0.3) is 0 Å². The molecule has 0 saturated carbocycles. The lowest BCUT2D eigenvalue weighted by atomic mass is 9.99. The standard InChI is InChI=1S/C14H20O/c1-5-11(3)9-13-10-12(4)7-8-14(13)15-6-2/h5,7-8,10-11H,1,6,9H2,2-4H3. The lowest BCUT2D eigenvalue weighted by molar-refractivity contribution is 0.335. The Bertz CT molecular complexity index is 328. The van der Waals surface area contributed by atoms with Crippen LogP contribution < -0.4 is 4.74 Å². The maximum Gasteiger partial charge on any atom is 0.122 e. The van der Waals surface area contributed by atoms with E-state index in [2.05, 4.69) is 38.6 Å². The van der Waals surface area contributed by atoms with Gasteiger partial charge in [-0.1, -0.05) is 30.7 Å². The summed E-state index contributed by atoms with van der Waals surface area (Å²) in [7, 11) is 0. The zero-order valence-corrected chi connectivity index (χ0v) is 9.92. The van der Waals surface area contributed by atoms with E-state index in [1.807, 2.05) is 13.0 Å². The first-order valence-corrected chi connectivity index (χ1v) is 5.52. The van der Waals surface area contributed by atoms with Crippen LogP contribution in [0.2, 0.25) is 0 Å². The van der Waals surface area contributed by atoms with Crippen molar-refractivity contribution in [2.45, 2.75) is 27.2 Å². The quantitative estimate of drug-likeness (QED) is 0.664. The van der Waals surface area contributed by atoms with Crippen LogP contribution in [-0.4, -0.2) is 6.61 Å². The van der Waals surface area contributed by atoms with Crippen molar-refractivity contribution in [3.8, 4) is 5.75 Å². The monoisotopic (exact) mass is 204 g/mol. The highest BCUT2D eigenvalue weighted by molar-refractivity contribution is 5.37. The molecule has 1 aromatic rings. The first-order valence-electron chi connectivity index (χ1n) is 5.52. The van der Waals surface area contributed by atoms with Crippen molar-refractivity contribution in [1.82, 2.24) is 0 Å². The lowest BCUT2D eigenvalue weighted by Crippen LogP contribution is -2.01. The van der Waals surface area contributed by atoms with E-state index in [0.717, 1.165) is 18.8 Å². The van der Waals surface area contributed by atoms with Crippen molar-refractivity contribution in [2.75, 3.05) is 6.61 Å². The van der Waals surface area contributed by atoms with E-state index in [0.29, 0.717) is 5.92 Å². The molecule has 1 aromatic carbocycles. The van der Waals surface area contributed by atoms with Gasteiger partial charge in [-0.25, -0.2) is 0 Å². The van der Waals surface area contributed by atoms with Crippen molar-refractivity contribution in [2.24, 2.45) is 5.92 Å². The van der Waals surface area contributed by atoms with Crippen LogP contribution in [0.25, 0.3) is 0 Å². The highest BCUT2D eigenvalue weighted by Crippen LogP contribution is 2.23. The summed E-state index contributed by atoms with van der Waals surface area (Å²) in [5.74, 6) is 1.50. The minimum absolute atomic E-state index is 0.492. The third kappa shape index (κ3) is 3.43. The van der Waals surface area contributed by atoms with E-state index in [9.17, 15) is 0 Å². The molecule has 0 radical (unpaired) electrons. The molecule has 0 bridgehead atoms. The lowest BCUT2D eigenvalue weighted by Gasteiger charge is -2.13. The van der Waals surface area contributed by atoms with Crippen molar-refractivity contribution in [1.29, 1.82) is 0 Å². The number of ether oxygens (including phenoxy) is 1. The zero-order valence-electron chi connectivity index (χ0n) is 9.92. The maximum absolute atomic E-state index is 5.60. The van der Waals surface area contributed by atoms with Gasteiger partial charge in [-0.05, 0) is 37.8 Å². The Morgan fingerprint density at radius 3 is 2.80 bits per heavy atom. The Balaban J connectivity index is 2.90. The van der Waals surface area contributed by atoms with Gasteiger partial charge >= 0.3 is 0 Å². The molecule has 0 aliphatic carbocycles. The highest BCUT2D eigenvalue weighted by atomic mass is 16.5. The predicted octanol–water partition coefficient (Wildman–Crippen LogP) is 3.76. The third-order valence-corrected chi connectivity index (χ3v) is 2.46. The van der Waals surface area contributed by atoms with Crippen LogP contribution in [0.1, 0.15) is 25.0 Å². The Morgan fingerprint density at radius 1 is 1.47 bits per heavy atom. The molecular weight excluding hydrogens is 184 g/mol. The Labute approximate surface area is 92.8 Å². The molecule has 0 N–H and O–H groups in total. The normalized spacial score (nSPS) is 12.2. The number of rotatable bonds is 5. The molecule has 0 aromatic heterocycles. The Kier molecular flexibility index (Phi) is 4.41. The largest absolute Gasteiger partial charge is 0.494 e. The summed E-state index contributed by atoms with van der Waals surface area (Å²) in [5, 5.41) is 0. The molecule has 1 atom stereocenters. The second-order valence-corrected chi connectivity index (χ2v) is 3.96. The van der Waals surface area contributed by atoms with E-state index in [-0.39, 0.29) is 0 Å². The van der Waals surface area contributed by atoms with Gasteiger partial charge in [0.15, 0.2) is 0 Å². The van der Waals surface area contributed by atoms with Gasteiger partial charge in [-0.15, -0.1) is 6.58 Å². The van der Waals surface area contributed by atoms with E-state index >= 15 is 0 Å². The van der Waals surface area contributed by atoms with Gasteiger partial charge in [0, 0.05) is 0 Å². The molecule has 0 amide bonds. The molecule has 82 valence electrons. The van der Waals surface area contributed by atoms with Gasteiger partial charge in [0.2, 0.25) is 0 Å². The topological polar surface area (TPSA) is 9.23 Å². The molecule has 0 spiro atoms. The molecule has 1 rings (SSSR count). The number of allylic oxidation sites excluding steroid dienone is 1. The molecule has 0 saturated heterocycles. The molecule has 0 heterocycles. The van der Waals surface area contributed by atoms with Crippen LogP contribution in [0.4, 0.5) is 0 Å². The third-order valence-electron chi connectivity index (χ3n) is 2.46. The molecule has 0 aliphatic rings. The van der Waals surface area contributed by atoms with Crippen molar-refractivity contribution in [3.63, 3.8) is 0 Å². The SMILES string of the molecule is C=CC(C)Cc1cc(C)ccc1OCC. The average molecular weight is 204 g/mol. The van der Waals surface area contributed by atoms with Crippen molar-refractivity contribution in [3.05, 3.63) is 42.0 Å². The zero-order chi connectivity index (χ0) is 11.3. The van der Waals surface area contributed by atoms with Gasteiger partial charge in [-0.3, -0.25) is 0 Å². The Hall–Kier alpha value is -1.24. The van der Waals surface area contributed by atoms with Gasteiger partial charge in [0.05, 0.1) is 6.61 Å². The number of benzene rings is 1. The van der Waals surface area contributed by atoms with Crippen LogP contribution in [0, 0.1) is 12.8 Å². The van der Waals surface area contributed by atoms with Crippen molar-refractivity contribution < 1.29 is 4.74 Å². The fourth-order valence-corrected chi connectivity index (χ4v) is 1.59. The minimum Gasteiger partial charge on any atom is -0.494 e. The second-order valence-electron chi connectivity index (χ2n) is 3.96. The summed E-state index contributed by atoms with van der Waals surface area (Å²) in [4.78, 5) is 0. The van der Waals surface area contributed by atoms with Crippen LogP contribution in [0.5, 0.6) is 5.75 Å². The van der Waals surface area contributed by atoms with E-state index < -0.39 is 0 Å². The van der Waals surface area contributed by atoms with E-state index in [1.165, 1.54) is 11.1 Å². The Morgan fingerprint density at radius 2 is 2.20 bits per heavy atom. The predicted molar refractivity (Wildman–Crippen MR) is 65.4 cm³/mol. The first-order chi connectivity index (χ1) is 7.17. The van der Waals surface area contributed by atoms with E-state index in [1.54, 1.807) is 0 Å². The van der Waals surface area contributed by atoms with Crippen LogP contribution >= 0.6 is 0 Å². The van der Waals surface area contributed by atoms with Gasteiger partial charge in [0.1, 0.15) is 5.75 Å². The second kappa shape index (κ2) is 5.59. The van der Waals surface area contributed by atoms with Crippen LogP contribution in [0.15, 0.2) is 30.9 Å². The van der Waals surface area contributed by atoms with Gasteiger partial charge in [-0.2, -0.15) is 0 Å². The fraction of sp³-hybridized carbons (Fsp3) is 0.429.